The molecule has 0 unspecified atom stereocenters. The van der Waals surface area contributed by atoms with Crippen LogP contribution in [0.1, 0.15) is 37.3 Å². The van der Waals surface area contributed by atoms with Crippen LogP contribution in [0, 0.1) is 11.8 Å². The van der Waals surface area contributed by atoms with Gasteiger partial charge >= 0.3 is 0 Å². The molecule has 1 fully saturated rings. The van der Waals surface area contributed by atoms with Crippen molar-refractivity contribution in [3.63, 3.8) is 0 Å². The van der Waals surface area contributed by atoms with E-state index in [1.807, 2.05) is 48.5 Å². The lowest BCUT2D eigenvalue weighted by atomic mass is 10.0. The average molecular weight is 306 g/mol. The summed E-state index contributed by atoms with van der Waals surface area (Å²) in [4.78, 5) is 12.3. The number of hydrazone groups is 1. The highest BCUT2D eigenvalue weighted by atomic mass is 16.2. The molecule has 1 saturated carbocycles. The van der Waals surface area contributed by atoms with Gasteiger partial charge in [-0.25, -0.2) is 5.43 Å². The molecule has 118 valence electrons. The average Bonchev–Trinajstić information content (AvgIpc) is 3.37. The first-order valence-electron chi connectivity index (χ1n) is 8.14. The Morgan fingerprint density at radius 1 is 1.04 bits per heavy atom. The van der Waals surface area contributed by atoms with Gasteiger partial charge in [0.1, 0.15) is 0 Å². The van der Waals surface area contributed by atoms with Crippen LogP contribution in [0.5, 0.6) is 0 Å². The van der Waals surface area contributed by atoms with Gasteiger partial charge < -0.3 is 0 Å². The summed E-state index contributed by atoms with van der Waals surface area (Å²) in [7, 11) is 0. The summed E-state index contributed by atoms with van der Waals surface area (Å²) >= 11 is 0. The highest BCUT2D eigenvalue weighted by Gasteiger charge is 2.43. The molecule has 3 rings (SSSR count). The highest BCUT2D eigenvalue weighted by Crippen LogP contribution is 2.47. The van der Waals surface area contributed by atoms with Gasteiger partial charge in [0.15, 0.2) is 0 Å². The number of hydrogen-bond acceptors (Lipinski definition) is 2. The standard InChI is InChI=1S/C20H22N2O/c1-14(2)19(16-11-7-4-8-12-16)21-22-20(23)18-13-17(18)15-9-5-3-6-10-15/h3-12,14,17-18H,13H2,1-2H3,(H,22,23)/t17-,18-/m0/s1. The molecular weight excluding hydrogens is 284 g/mol. The Balaban J connectivity index is 1.66. The minimum atomic E-state index is 0.0212. The van der Waals surface area contributed by atoms with Gasteiger partial charge in [-0.1, -0.05) is 74.5 Å². The summed E-state index contributed by atoms with van der Waals surface area (Å²) in [5, 5.41) is 4.40. The number of rotatable bonds is 5. The van der Waals surface area contributed by atoms with Crippen molar-refractivity contribution in [2.45, 2.75) is 26.2 Å². The maximum absolute atomic E-state index is 12.3. The molecule has 2 aromatic rings. The fourth-order valence-corrected chi connectivity index (χ4v) is 2.89. The van der Waals surface area contributed by atoms with E-state index in [1.165, 1.54) is 5.56 Å². The van der Waals surface area contributed by atoms with E-state index in [0.29, 0.717) is 5.92 Å². The topological polar surface area (TPSA) is 41.5 Å². The predicted molar refractivity (Wildman–Crippen MR) is 93.2 cm³/mol. The summed E-state index contributed by atoms with van der Waals surface area (Å²) in [5.74, 6) is 0.658. The second-order valence-electron chi connectivity index (χ2n) is 6.35. The van der Waals surface area contributed by atoms with Crippen LogP contribution in [-0.2, 0) is 4.79 Å². The van der Waals surface area contributed by atoms with Gasteiger partial charge in [0.25, 0.3) is 0 Å². The summed E-state index contributed by atoms with van der Waals surface area (Å²) in [6, 6.07) is 20.2. The van der Waals surface area contributed by atoms with E-state index in [1.54, 1.807) is 0 Å². The maximum atomic E-state index is 12.3. The Morgan fingerprint density at radius 3 is 2.26 bits per heavy atom. The fourth-order valence-electron chi connectivity index (χ4n) is 2.89. The zero-order valence-corrected chi connectivity index (χ0v) is 13.6. The molecule has 1 aliphatic rings. The first kappa shape index (κ1) is 15.5. The molecule has 3 nitrogen and oxygen atoms in total. The zero-order valence-electron chi connectivity index (χ0n) is 13.6. The van der Waals surface area contributed by atoms with Crippen molar-refractivity contribution in [1.82, 2.24) is 5.43 Å². The van der Waals surface area contributed by atoms with Gasteiger partial charge in [0.05, 0.1) is 5.71 Å². The van der Waals surface area contributed by atoms with Gasteiger partial charge in [-0.3, -0.25) is 4.79 Å². The fraction of sp³-hybridized carbons (Fsp3) is 0.300. The Bertz CT molecular complexity index is 692. The Morgan fingerprint density at radius 2 is 1.65 bits per heavy atom. The number of benzene rings is 2. The molecule has 1 amide bonds. The monoisotopic (exact) mass is 306 g/mol. The molecule has 0 aliphatic heterocycles. The number of carbonyl (C=O) groups excluding carboxylic acids is 1. The van der Waals surface area contributed by atoms with Crippen LogP contribution >= 0.6 is 0 Å². The SMILES string of the molecule is CC(C)C(=NNC(=O)[C@H]1C[C@H]1c1ccccc1)c1ccccc1. The van der Waals surface area contributed by atoms with Gasteiger partial charge in [0, 0.05) is 5.92 Å². The molecule has 0 saturated heterocycles. The van der Waals surface area contributed by atoms with Crippen molar-refractivity contribution in [2.75, 3.05) is 0 Å². The molecule has 0 heterocycles. The summed E-state index contributed by atoms with van der Waals surface area (Å²) in [5.41, 5.74) is 5.98. The molecule has 2 aromatic carbocycles. The van der Waals surface area contributed by atoms with E-state index >= 15 is 0 Å². The minimum Gasteiger partial charge on any atom is -0.273 e. The second-order valence-corrected chi connectivity index (χ2v) is 6.35. The van der Waals surface area contributed by atoms with E-state index in [0.717, 1.165) is 17.7 Å². The lowest BCUT2D eigenvalue weighted by molar-refractivity contribution is -0.122. The molecule has 0 bridgehead atoms. The molecule has 0 radical (unpaired) electrons. The lowest BCUT2D eigenvalue weighted by Gasteiger charge is -2.10. The van der Waals surface area contributed by atoms with Crippen LogP contribution in [0.25, 0.3) is 0 Å². The minimum absolute atomic E-state index is 0.0212. The molecule has 1 N–H and O–H groups in total. The number of hydrogen-bond donors (Lipinski definition) is 1. The van der Waals surface area contributed by atoms with E-state index < -0.39 is 0 Å². The van der Waals surface area contributed by atoms with Crippen molar-refractivity contribution in [1.29, 1.82) is 0 Å². The Hall–Kier alpha value is -2.42. The highest BCUT2D eigenvalue weighted by molar-refractivity contribution is 6.02. The van der Waals surface area contributed by atoms with Crippen LogP contribution < -0.4 is 5.43 Å². The smallest absolute Gasteiger partial charge is 0.243 e. The molecule has 0 aromatic heterocycles. The molecule has 2 atom stereocenters. The first-order valence-corrected chi connectivity index (χ1v) is 8.14. The second kappa shape index (κ2) is 6.78. The maximum Gasteiger partial charge on any atom is 0.243 e. The van der Waals surface area contributed by atoms with E-state index in [2.05, 4.69) is 36.5 Å². The van der Waals surface area contributed by atoms with E-state index in [-0.39, 0.29) is 17.7 Å². The molecule has 23 heavy (non-hydrogen) atoms. The van der Waals surface area contributed by atoms with Crippen LogP contribution in [0.2, 0.25) is 0 Å². The zero-order chi connectivity index (χ0) is 16.2. The van der Waals surface area contributed by atoms with Crippen LogP contribution in [0.3, 0.4) is 0 Å². The Kier molecular flexibility index (Phi) is 4.56. The summed E-state index contributed by atoms with van der Waals surface area (Å²) in [6.45, 7) is 4.17. The lowest BCUT2D eigenvalue weighted by Crippen LogP contribution is -2.24. The van der Waals surface area contributed by atoms with E-state index in [4.69, 9.17) is 0 Å². The number of nitrogens with zero attached hydrogens (tertiary/aromatic N) is 1. The first-order chi connectivity index (χ1) is 11.2. The quantitative estimate of drug-likeness (QED) is 0.659. The Labute approximate surface area is 137 Å². The summed E-state index contributed by atoms with van der Waals surface area (Å²) in [6.07, 6.45) is 0.910. The normalized spacial score (nSPS) is 20.4. The third kappa shape index (κ3) is 3.67. The molecule has 1 aliphatic carbocycles. The van der Waals surface area contributed by atoms with Crippen LogP contribution in [0.15, 0.2) is 65.8 Å². The number of nitrogens with one attached hydrogen (secondary N) is 1. The third-order valence-corrected chi connectivity index (χ3v) is 4.26. The van der Waals surface area contributed by atoms with Gasteiger partial charge in [0.2, 0.25) is 5.91 Å². The van der Waals surface area contributed by atoms with Crippen molar-refractivity contribution >= 4 is 11.6 Å². The predicted octanol–water partition coefficient (Wildman–Crippen LogP) is 3.97. The van der Waals surface area contributed by atoms with Crippen molar-refractivity contribution in [2.24, 2.45) is 16.9 Å². The summed E-state index contributed by atoms with van der Waals surface area (Å²) < 4.78 is 0. The van der Waals surface area contributed by atoms with Crippen LogP contribution in [-0.4, -0.2) is 11.6 Å². The van der Waals surface area contributed by atoms with Crippen LogP contribution in [0.4, 0.5) is 0 Å². The van der Waals surface area contributed by atoms with Gasteiger partial charge in [-0.15, -0.1) is 0 Å². The molecule has 0 spiro atoms. The number of amides is 1. The third-order valence-electron chi connectivity index (χ3n) is 4.26. The number of carbonyl (C=O) groups is 1. The van der Waals surface area contributed by atoms with Crippen molar-refractivity contribution in [3.05, 3.63) is 71.8 Å². The van der Waals surface area contributed by atoms with Crippen molar-refractivity contribution < 1.29 is 4.79 Å². The largest absolute Gasteiger partial charge is 0.273 e. The van der Waals surface area contributed by atoms with E-state index in [9.17, 15) is 4.79 Å². The van der Waals surface area contributed by atoms with Gasteiger partial charge in [-0.05, 0) is 29.4 Å². The molecular formula is C20H22N2O. The molecule has 3 heteroatoms. The van der Waals surface area contributed by atoms with Crippen molar-refractivity contribution in [3.8, 4) is 0 Å². The van der Waals surface area contributed by atoms with Gasteiger partial charge in [-0.2, -0.15) is 5.10 Å².